The lowest BCUT2D eigenvalue weighted by atomic mass is 10.1. The molecule has 0 fully saturated rings. The van der Waals surface area contributed by atoms with Crippen LogP contribution in [0.5, 0.6) is 5.75 Å². The summed E-state index contributed by atoms with van der Waals surface area (Å²) >= 11 is 1.47. The SMILES string of the molecule is CS(=O)(=O)Cc1c(C(=O)Nc2ccccc2OCc2cscn2)oc2ccccc12. The summed E-state index contributed by atoms with van der Waals surface area (Å²) in [6, 6.07) is 14.0. The summed E-state index contributed by atoms with van der Waals surface area (Å²) in [6.45, 7) is 0.264. The molecule has 1 N–H and O–H groups in total. The minimum Gasteiger partial charge on any atom is -0.485 e. The Morgan fingerprint density at radius 1 is 1.17 bits per heavy atom. The van der Waals surface area contributed by atoms with Crippen molar-refractivity contribution in [3.05, 3.63) is 76.4 Å². The van der Waals surface area contributed by atoms with E-state index in [9.17, 15) is 13.2 Å². The third kappa shape index (κ3) is 4.52. The van der Waals surface area contributed by atoms with E-state index in [1.54, 1.807) is 54.0 Å². The highest BCUT2D eigenvalue weighted by Gasteiger charge is 2.24. The molecule has 154 valence electrons. The number of anilines is 1. The first-order valence-corrected chi connectivity index (χ1v) is 12.0. The fourth-order valence-corrected chi connectivity index (χ4v) is 4.38. The number of hydrogen-bond acceptors (Lipinski definition) is 7. The van der Waals surface area contributed by atoms with E-state index in [-0.39, 0.29) is 18.1 Å². The van der Waals surface area contributed by atoms with E-state index < -0.39 is 15.7 Å². The highest BCUT2D eigenvalue weighted by atomic mass is 32.2. The Kier molecular flexibility index (Phi) is 5.56. The fourth-order valence-electron chi connectivity index (χ4n) is 3.02. The second-order valence-corrected chi connectivity index (χ2v) is 9.55. The summed E-state index contributed by atoms with van der Waals surface area (Å²) in [4.78, 5) is 17.2. The van der Waals surface area contributed by atoms with Crippen molar-refractivity contribution in [3.8, 4) is 5.75 Å². The molecule has 9 heteroatoms. The van der Waals surface area contributed by atoms with Gasteiger partial charge in [-0.1, -0.05) is 30.3 Å². The number of aromatic nitrogens is 1. The van der Waals surface area contributed by atoms with Crippen molar-refractivity contribution in [1.29, 1.82) is 0 Å². The smallest absolute Gasteiger partial charge is 0.291 e. The number of nitrogens with zero attached hydrogens (tertiary/aromatic N) is 1. The minimum absolute atomic E-state index is 0.0315. The zero-order valence-corrected chi connectivity index (χ0v) is 17.6. The number of fused-ring (bicyclic) bond motifs is 1. The lowest BCUT2D eigenvalue weighted by Gasteiger charge is -2.11. The van der Waals surface area contributed by atoms with Crippen LogP contribution in [0.4, 0.5) is 5.69 Å². The number of ether oxygens (including phenoxy) is 1. The van der Waals surface area contributed by atoms with Crippen LogP contribution in [0, 0.1) is 0 Å². The van der Waals surface area contributed by atoms with Crippen LogP contribution in [-0.2, 0) is 22.2 Å². The quantitative estimate of drug-likeness (QED) is 0.459. The van der Waals surface area contributed by atoms with Crippen LogP contribution in [-0.4, -0.2) is 25.6 Å². The number of carbonyl (C=O) groups excluding carboxylic acids is 1. The molecule has 4 rings (SSSR count). The molecule has 0 bridgehead atoms. The standard InChI is InChI=1S/C21H18N2O5S2/c1-30(25,26)12-16-15-6-2-4-8-18(15)28-20(16)21(24)23-17-7-3-5-9-19(17)27-10-14-11-29-13-22-14/h2-9,11,13H,10,12H2,1H3,(H,23,24). The number of furan rings is 1. The average Bonchev–Trinajstić information content (AvgIpc) is 3.35. The third-order valence-electron chi connectivity index (χ3n) is 4.31. The molecule has 30 heavy (non-hydrogen) atoms. The number of hydrogen-bond donors (Lipinski definition) is 1. The Morgan fingerprint density at radius 3 is 2.70 bits per heavy atom. The van der Waals surface area contributed by atoms with Gasteiger partial charge in [-0.15, -0.1) is 11.3 Å². The molecule has 0 saturated carbocycles. The molecular weight excluding hydrogens is 424 g/mol. The zero-order valence-electron chi connectivity index (χ0n) is 16.0. The van der Waals surface area contributed by atoms with Gasteiger partial charge in [0.1, 0.15) is 17.9 Å². The zero-order chi connectivity index (χ0) is 21.1. The molecule has 0 aliphatic carbocycles. The Balaban J connectivity index is 1.63. The minimum atomic E-state index is -3.38. The van der Waals surface area contributed by atoms with Crippen LogP contribution in [0.1, 0.15) is 21.8 Å². The molecule has 0 saturated heterocycles. The van der Waals surface area contributed by atoms with Crippen molar-refractivity contribution in [2.45, 2.75) is 12.4 Å². The molecule has 2 aromatic carbocycles. The van der Waals surface area contributed by atoms with Crippen LogP contribution < -0.4 is 10.1 Å². The number of para-hydroxylation sites is 3. The second-order valence-electron chi connectivity index (χ2n) is 6.69. The maximum Gasteiger partial charge on any atom is 0.291 e. The third-order valence-corrected chi connectivity index (χ3v) is 5.75. The van der Waals surface area contributed by atoms with Gasteiger partial charge in [0.25, 0.3) is 5.91 Å². The summed E-state index contributed by atoms with van der Waals surface area (Å²) in [6.07, 6.45) is 1.12. The fraction of sp³-hybridized carbons (Fsp3) is 0.143. The van der Waals surface area contributed by atoms with E-state index in [0.717, 1.165) is 11.9 Å². The van der Waals surface area contributed by atoms with Crippen molar-refractivity contribution in [3.63, 3.8) is 0 Å². The summed E-state index contributed by atoms with van der Waals surface area (Å²) in [5.74, 6) is -0.403. The molecule has 0 spiro atoms. The molecule has 0 radical (unpaired) electrons. The van der Waals surface area contributed by atoms with Crippen LogP contribution in [0.15, 0.2) is 63.8 Å². The number of thiazole rings is 1. The van der Waals surface area contributed by atoms with E-state index in [1.807, 2.05) is 5.38 Å². The van der Waals surface area contributed by atoms with Gasteiger partial charge in [0.2, 0.25) is 0 Å². The average molecular weight is 443 g/mol. The van der Waals surface area contributed by atoms with Gasteiger partial charge in [-0.2, -0.15) is 0 Å². The maximum absolute atomic E-state index is 13.0. The Labute approximate surface area is 177 Å². The summed E-state index contributed by atoms with van der Waals surface area (Å²) in [5, 5.41) is 5.25. The number of amides is 1. The van der Waals surface area contributed by atoms with E-state index in [2.05, 4.69) is 10.3 Å². The van der Waals surface area contributed by atoms with E-state index in [4.69, 9.17) is 9.15 Å². The first-order chi connectivity index (χ1) is 14.4. The molecule has 2 heterocycles. The van der Waals surface area contributed by atoms with E-state index >= 15 is 0 Å². The normalized spacial score (nSPS) is 11.5. The molecule has 0 unspecified atom stereocenters. The van der Waals surface area contributed by atoms with Crippen LogP contribution in [0.2, 0.25) is 0 Å². The Bertz CT molecular complexity index is 1290. The molecule has 7 nitrogen and oxygen atoms in total. The van der Waals surface area contributed by atoms with Crippen molar-refractivity contribution < 1.29 is 22.4 Å². The van der Waals surface area contributed by atoms with Gasteiger partial charge in [0.05, 0.1) is 22.6 Å². The second kappa shape index (κ2) is 8.29. The van der Waals surface area contributed by atoms with Crippen LogP contribution >= 0.6 is 11.3 Å². The monoisotopic (exact) mass is 442 g/mol. The number of rotatable bonds is 7. The first-order valence-electron chi connectivity index (χ1n) is 8.99. The van der Waals surface area contributed by atoms with Crippen LogP contribution in [0.25, 0.3) is 11.0 Å². The van der Waals surface area contributed by atoms with Gasteiger partial charge in [0.15, 0.2) is 15.6 Å². The van der Waals surface area contributed by atoms with E-state index in [1.165, 1.54) is 11.3 Å². The van der Waals surface area contributed by atoms with Gasteiger partial charge in [-0.3, -0.25) is 4.79 Å². The predicted octanol–water partition coefficient (Wildman–Crippen LogP) is 4.27. The number of carbonyl (C=O) groups is 1. The maximum atomic E-state index is 13.0. The molecule has 0 aliphatic heterocycles. The van der Waals surface area contributed by atoms with Gasteiger partial charge in [-0.25, -0.2) is 13.4 Å². The molecular formula is C21H18N2O5S2. The van der Waals surface area contributed by atoms with Gasteiger partial charge < -0.3 is 14.5 Å². The summed E-state index contributed by atoms with van der Waals surface area (Å²) < 4.78 is 35.4. The van der Waals surface area contributed by atoms with Crippen molar-refractivity contribution >= 4 is 43.7 Å². The largest absolute Gasteiger partial charge is 0.485 e. The highest BCUT2D eigenvalue weighted by Crippen LogP contribution is 2.30. The number of nitrogens with one attached hydrogen (secondary N) is 1. The summed E-state index contributed by atoms with van der Waals surface area (Å²) in [7, 11) is -3.38. The Hall–Kier alpha value is -3.17. The van der Waals surface area contributed by atoms with Crippen LogP contribution in [0.3, 0.4) is 0 Å². The highest BCUT2D eigenvalue weighted by molar-refractivity contribution is 7.89. The van der Waals surface area contributed by atoms with Gasteiger partial charge in [-0.05, 0) is 18.2 Å². The van der Waals surface area contributed by atoms with Crippen molar-refractivity contribution in [2.24, 2.45) is 0 Å². The molecule has 0 atom stereocenters. The number of sulfone groups is 1. The molecule has 2 aromatic heterocycles. The first kappa shape index (κ1) is 20.1. The topological polar surface area (TPSA) is 98.5 Å². The van der Waals surface area contributed by atoms with E-state index in [0.29, 0.717) is 28.0 Å². The molecule has 1 amide bonds. The van der Waals surface area contributed by atoms with Gasteiger partial charge in [0, 0.05) is 22.6 Å². The van der Waals surface area contributed by atoms with Crippen molar-refractivity contribution in [1.82, 2.24) is 4.98 Å². The number of benzene rings is 2. The summed E-state index contributed by atoms with van der Waals surface area (Å²) in [5.41, 5.74) is 3.75. The predicted molar refractivity (Wildman–Crippen MR) is 116 cm³/mol. The molecule has 4 aromatic rings. The lowest BCUT2D eigenvalue weighted by Crippen LogP contribution is -2.15. The molecule has 0 aliphatic rings. The van der Waals surface area contributed by atoms with Crippen molar-refractivity contribution in [2.75, 3.05) is 11.6 Å². The Morgan fingerprint density at radius 2 is 1.93 bits per heavy atom. The van der Waals surface area contributed by atoms with Gasteiger partial charge >= 0.3 is 0 Å². The lowest BCUT2D eigenvalue weighted by molar-refractivity contribution is 0.0997.